The fraction of sp³-hybridized carbons (Fsp3) is 0.917. The second kappa shape index (κ2) is 3.48. The average molecular weight is 208 g/mol. The van der Waals surface area contributed by atoms with Crippen molar-refractivity contribution in [1.29, 1.82) is 0 Å². The van der Waals surface area contributed by atoms with Crippen molar-refractivity contribution in [3.8, 4) is 0 Å². The van der Waals surface area contributed by atoms with E-state index >= 15 is 0 Å². The van der Waals surface area contributed by atoms with E-state index in [4.69, 9.17) is 0 Å². The Morgan fingerprint density at radius 2 is 2.13 bits per heavy atom. The first kappa shape index (κ1) is 9.64. The van der Waals surface area contributed by atoms with E-state index in [1.165, 1.54) is 32.1 Å². The highest BCUT2D eigenvalue weighted by Gasteiger charge is 2.50. The van der Waals surface area contributed by atoms with E-state index < -0.39 is 0 Å². The lowest BCUT2D eigenvalue weighted by molar-refractivity contribution is -0.134. The summed E-state index contributed by atoms with van der Waals surface area (Å²) >= 11 is 0. The van der Waals surface area contributed by atoms with E-state index in [-0.39, 0.29) is 5.41 Å². The predicted molar refractivity (Wildman–Crippen MR) is 58.4 cm³/mol. The maximum atomic E-state index is 12.3. The van der Waals surface area contributed by atoms with Crippen molar-refractivity contribution in [3.63, 3.8) is 0 Å². The summed E-state index contributed by atoms with van der Waals surface area (Å²) in [6, 6.07) is 0.509. The van der Waals surface area contributed by atoms with Gasteiger partial charge in [0.25, 0.3) is 0 Å². The third-order valence-corrected chi connectivity index (χ3v) is 4.40. The zero-order valence-electron chi connectivity index (χ0n) is 9.22. The second-order valence-electron chi connectivity index (χ2n) is 5.48. The van der Waals surface area contributed by atoms with Gasteiger partial charge in [0.1, 0.15) is 0 Å². The molecule has 2 atom stereocenters. The van der Waals surface area contributed by atoms with Gasteiger partial charge in [0.05, 0.1) is 5.41 Å². The van der Waals surface area contributed by atoms with Gasteiger partial charge in [-0.3, -0.25) is 4.79 Å². The number of amides is 1. The lowest BCUT2D eigenvalue weighted by Crippen LogP contribution is -2.48. The van der Waals surface area contributed by atoms with Crippen LogP contribution in [0.5, 0.6) is 0 Å². The summed E-state index contributed by atoms with van der Waals surface area (Å²) in [6.07, 6.45) is 7.27. The molecule has 3 rings (SSSR count). The van der Waals surface area contributed by atoms with Crippen molar-refractivity contribution < 1.29 is 4.79 Å². The van der Waals surface area contributed by atoms with Gasteiger partial charge in [0.15, 0.2) is 0 Å². The monoisotopic (exact) mass is 208 g/mol. The number of hydrogen-bond acceptors (Lipinski definition) is 2. The van der Waals surface area contributed by atoms with Crippen LogP contribution in [0.25, 0.3) is 0 Å². The highest BCUT2D eigenvalue weighted by molar-refractivity contribution is 5.84. The van der Waals surface area contributed by atoms with Gasteiger partial charge in [-0.1, -0.05) is 12.8 Å². The molecule has 3 nitrogen and oxygen atoms in total. The molecule has 2 N–H and O–H groups in total. The van der Waals surface area contributed by atoms with Gasteiger partial charge in [-0.2, -0.15) is 0 Å². The van der Waals surface area contributed by atoms with Crippen LogP contribution in [0.2, 0.25) is 0 Å². The number of carbonyl (C=O) groups is 1. The van der Waals surface area contributed by atoms with E-state index in [1.807, 2.05) is 0 Å². The summed E-state index contributed by atoms with van der Waals surface area (Å²) in [5, 5.41) is 6.63. The van der Waals surface area contributed by atoms with Crippen molar-refractivity contribution in [1.82, 2.24) is 10.6 Å². The molecular weight excluding hydrogens is 188 g/mol. The van der Waals surface area contributed by atoms with Crippen molar-refractivity contribution in [2.75, 3.05) is 13.1 Å². The predicted octanol–water partition coefficient (Wildman–Crippen LogP) is 1.04. The third kappa shape index (κ3) is 1.57. The Labute approximate surface area is 91.0 Å². The van der Waals surface area contributed by atoms with E-state index in [0.717, 1.165) is 19.5 Å². The molecule has 1 heterocycles. The minimum Gasteiger partial charge on any atom is -0.353 e. The molecule has 2 aliphatic carbocycles. The van der Waals surface area contributed by atoms with Crippen LogP contribution in [-0.4, -0.2) is 25.0 Å². The zero-order chi connectivity index (χ0) is 10.3. The largest absolute Gasteiger partial charge is 0.353 e. The van der Waals surface area contributed by atoms with Gasteiger partial charge in [0.2, 0.25) is 5.91 Å². The molecule has 0 aromatic carbocycles. The molecule has 0 spiro atoms. The van der Waals surface area contributed by atoms with E-state index in [1.54, 1.807) is 0 Å². The van der Waals surface area contributed by atoms with Crippen LogP contribution in [0.1, 0.15) is 38.5 Å². The number of hydrogen-bond donors (Lipinski definition) is 2. The first-order valence-corrected chi connectivity index (χ1v) is 6.33. The van der Waals surface area contributed by atoms with Gasteiger partial charge in [-0.05, 0) is 38.1 Å². The smallest absolute Gasteiger partial charge is 0.228 e. The normalized spacial score (nSPS) is 39.9. The van der Waals surface area contributed by atoms with E-state index in [2.05, 4.69) is 10.6 Å². The molecule has 1 amide bonds. The molecule has 1 aliphatic heterocycles. The molecule has 0 aromatic heterocycles. The van der Waals surface area contributed by atoms with Crippen molar-refractivity contribution in [2.45, 2.75) is 44.6 Å². The molecule has 15 heavy (non-hydrogen) atoms. The topological polar surface area (TPSA) is 41.1 Å². The van der Waals surface area contributed by atoms with E-state index in [0.29, 0.717) is 17.9 Å². The molecule has 0 radical (unpaired) electrons. The quantitative estimate of drug-likeness (QED) is 0.712. The van der Waals surface area contributed by atoms with Crippen molar-refractivity contribution in [3.05, 3.63) is 0 Å². The maximum absolute atomic E-state index is 12.3. The van der Waals surface area contributed by atoms with Gasteiger partial charge in [0, 0.05) is 12.6 Å². The summed E-state index contributed by atoms with van der Waals surface area (Å²) in [5.74, 6) is 0.949. The fourth-order valence-electron chi connectivity index (χ4n) is 3.25. The molecular formula is C12H20N2O. The average Bonchev–Trinajstić information content (AvgIpc) is 2.96. The van der Waals surface area contributed by atoms with Crippen molar-refractivity contribution >= 4 is 5.91 Å². The molecule has 0 unspecified atom stereocenters. The Bertz CT molecular complexity index is 275. The third-order valence-electron chi connectivity index (χ3n) is 4.40. The van der Waals surface area contributed by atoms with Gasteiger partial charge < -0.3 is 10.6 Å². The molecule has 84 valence electrons. The summed E-state index contributed by atoms with van der Waals surface area (Å²) in [6.45, 7) is 1.97. The second-order valence-corrected chi connectivity index (χ2v) is 5.48. The summed E-state index contributed by atoms with van der Waals surface area (Å²) in [5.41, 5.74) is -0.0408. The van der Waals surface area contributed by atoms with Crippen LogP contribution in [-0.2, 0) is 4.79 Å². The molecule has 3 aliphatic rings. The molecule has 0 aromatic rings. The number of fused-ring (bicyclic) bond motifs is 1. The molecule has 3 fully saturated rings. The summed E-state index contributed by atoms with van der Waals surface area (Å²) < 4.78 is 0. The highest BCUT2D eigenvalue weighted by atomic mass is 16.2. The number of carbonyl (C=O) groups excluding carboxylic acids is 1. The first-order valence-electron chi connectivity index (χ1n) is 6.33. The van der Waals surface area contributed by atoms with Gasteiger partial charge in [-0.25, -0.2) is 0 Å². The van der Waals surface area contributed by atoms with Crippen molar-refractivity contribution in [2.24, 2.45) is 11.3 Å². The number of rotatable bonds is 2. The standard InChI is InChI=1S/C12H20N2O/c15-11(14-10-4-5-10)12-6-2-1-3-9(12)7-13-8-12/h9-10,13H,1-8H2,(H,14,15)/t9-,12+/m0/s1. The SMILES string of the molecule is O=C(NC1CC1)[C@@]12CCCC[C@H]1CNC2. The fourth-order valence-corrected chi connectivity index (χ4v) is 3.25. The molecule has 0 bridgehead atoms. The van der Waals surface area contributed by atoms with Gasteiger partial charge >= 0.3 is 0 Å². The lowest BCUT2D eigenvalue weighted by atomic mass is 9.67. The first-order chi connectivity index (χ1) is 7.31. The Morgan fingerprint density at radius 3 is 2.93 bits per heavy atom. The number of nitrogens with one attached hydrogen (secondary N) is 2. The van der Waals surface area contributed by atoms with Crippen LogP contribution < -0.4 is 10.6 Å². The highest BCUT2D eigenvalue weighted by Crippen LogP contribution is 2.44. The molecule has 3 heteroatoms. The minimum absolute atomic E-state index is 0.0408. The zero-order valence-corrected chi connectivity index (χ0v) is 9.22. The molecule has 2 saturated carbocycles. The Balaban J connectivity index is 1.75. The molecule has 1 saturated heterocycles. The van der Waals surface area contributed by atoms with Crippen LogP contribution in [0.15, 0.2) is 0 Å². The van der Waals surface area contributed by atoms with Gasteiger partial charge in [-0.15, -0.1) is 0 Å². The maximum Gasteiger partial charge on any atom is 0.228 e. The van der Waals surface area contributed by atoms with Crippen LogP contribution >= 0.6 is 0 Å². The Kier molecular flexibility index (Phi) is 2.23. The minimum atomic E-state index is -0.0408. The van der Waals surface area contributed by atoms with Crippen LogP contribution in [0, 0.1) is 11.3 Å². The Hall–Kier alpha value is -0.570. The van der Waals surface area contributed by atoms with Crippen LogP contribution in [0.3, 0.4) is 0 Å². The lowest BCUT2D eigenvalue weighted by Gasteiger charge is -2.37. The summed E-state index contributed by atoms with van der Waals surface area (Å²) in [7, 11) is 0. The van der Waals surface area contributed by atoms with E-state index in [9.17, 15) is 4.79 Å². The van der Waals surface area contributed by atoms with Crippen LogP contribution in [0.4, 0.5) is 0 Å². The Morgan fingerprint density at radius 1 is 1.27 bits per heavy atom. The summed E-state index contributed by atoms with van der Waals surface area (Å²) in [4.78, 5) is 12.3.